The molecule has 1 fully saturated rings. The summed E-state index contributed by atoms with van der Waals surface area (Å²) in [4.78, 5) is 30.8. The number of hydrogen-bond donors (Lipinski definition) is 2. The van der Waals surface area contributed by atoms with E-state index in [1.807, 2.05) is 35.2 Å². The van der Waals surface area contributed by atoms with Gasteiger partial charge >= 0.3 is 6.09 Å². The normalized spacial score (nSPS) is 14.2. The van der Waals surface area contributed by atoms with Crippen molar-refractivity contribution in [1.29, 1.82) is 0 Å². The van der Waals surface area contributed by atoms with Crippen molar-refractivity contribution in [2.45, 2.75) is 6.54 Å². The van der Waals surface area contributed by atoms with Crippen LogP contribution in [0.15, 0.2) is 48.7 Å². The third-order valence-corrected chi connectivity index (χ3v) is 4.29. The lowest BCUT2D eigenvalue weighted by Crippen LogP contribution is -2.48. The highest BCUT2D eigenvalue weighted by atomic mass is 16.5. The van der Waals surface area contributed by atoms with Gasteiger partial charge in [-0.3, -0.25) is 15.0 Å². The molecule has 26 heavy (non-hydrogen) atoms. The van der Waals surface area contributed by atoms with Gasteiger partial charge in [0.2, 0.25) is 0 Å². The Bertz CT molecular complexity index is 776. The first-order valence-corrected chi connectivity index (χ1v) is 8.28. The van der Waals surface area contributed by atoms with Crippen LogP contribution in [0.25, 0.3) is 0 Å². The minimum atomic E-state index is -0.924. The van der Waals surface area contributed by atoms with Crippen LogP contribution in [0, 0.1) is 0 Å². The fraction of sp³-hybridized carbons (Fsp3) is 0.278. The van der Waals surface area contributed by atoms with Crippen LogP contribution in [0.2, 0.25) is 0 Å². The minimum absolute atomic E-state index is 0.0723. The number of amides is 2. The van der Waals surface area contributed by atoms with Gasteiger partial charge in [-0.1, -0.05) is 30.3 Å². The lowest BCUT2D eigenvalue weighted by atomic mass is 10.2. The zero-order valence-corrected chi connectivity index (χ0v) is 14.2. The highest BCUT2D eigenvalue weighted by molar-refractivity contribution is 5.92. The summed E-state index contributed by atoms with van der Waals surface area (Å²) >= 11 is 0. The smallest absolute Gasteiger partial charge is 0.407 e. The van der Waals surface area contributed by atoms with Gasteiger partial charge in [-0.25, -0.2) is 9.86 Å². The standard InChI is InChI=1S/C18H20N4O4/c23-17(22(26)13-14-4-2-1-3-5-14)16-12-15(6-7-19-16)20-8-10-21(11-9-20)18(24)25/h1-7,12,26H,8-11,13H2,(H,24,25). The zero-order chi connectivity index (χ0) is 18.5. The second kappa shape index (κ2) is 7.83. The van der Waals surface area contributed by atoms with Gasteiger partial charge in [0, 0.05) is 38.1 Å². The number of pyridine rings is 1. The number of carbonyl (C=O) groups is 2. The van der Waals surface area contributed by atoms with Crippen molar-refractivity contribution in [3.8, 4) is 0 Å². The van der Waals surface area contributed by atoms with Crippen molar-refractivity contribution < 1.29 is 19.9 Å². The molecule has 0 radical (unpaired) electrons. The molecular formula is C18H20N4O4. The van der Waals surface area contributed by atoms with Crippen LogP contribution in [-0.4, -0.2) is 63.4 Å². The Morgan fingerprint density at radius 2 is 1.77 bits per heavy atom. The molecule has 0 aliphatic carbocycles. The summed E-state index contributed by atoms with van der Waals surface area (Å²) in [7, 11) is 0. The van der Waals surface area contributed by atoms with Gasteiger partial charge in [0.15, 0.2) is 0 Å². The van der Waals surface area contributed by atoms with Crippen molar-refractivity contribution in [3.05, 3.63) is 59.9 Å². The molecule has 0 saturated carbocycles. The van der Waals surface area contributed by atoms with Crippen LogP contribution < -0.4 is 4.90 Å². The molecule has 2 heterocycles. The number of nitrogens with zero attached hydrogens (tertiary/aromatic N) is 4. The average Bonchev–Trinajstić information content (AvgIpc) is 2.68. The van der Waals surface area contributed by atoms with E-state index in [0.717, 1.165) is 11.3 Å². The molecular weight excluding hydrogens is 336 g/mol. The van der Waals surface area contributed by atoms with E-state index in [1.54, 1.807) is 12.1 Å². The largest absolute Gasteiger partial charge is 0.465 e. The quantitative estimate of drug-likeness (QED) is 0.642. The fourth-order valence-corrected chi connectivity index (χ4v) is 2.85. The summed E-state index contributed by atoms with van der Waals surface area (Å²) in [6.45, 7) is 1.96. The van der Waals surface area contributed by atoms with Gasteiger partial charge in [0.25, 0.3) is 5.91 Å². The van der Waals surface area contributed by atoms with Gasteiger partial charge in [-0.05, 0) is 17.7 Å². The molecule has 1 aliphatic heterocycles. The van der Waals surface area contributed by atoms with Crippen molar-refractivity contribution in [1.82, 2.24) is 14.9 Å². The maximum atomic E-state index is 12.4. The molecule has 1 aliphatic rings. The third-order valence-electron chi connectivity index (χ3n) is 4.29. The first-order chi connectivity index (χ1) is 12.5. The third kappa shape index (κ3) is 4.09. The van der Waals surface area contributed by atoms with Gasteiger partial charge in [0.05, 0.1) is 6.54 Å². The van der Waals surface area contributed by atoms with Crippen molar-refractivity contribution in [3.63, 3.8) is 0 Å². The Morgan fingerprint density at radius 3 is 2.42 bits per heavy atom. The summed E-state index contributed by atoms with van der Waals surface area (Å²) in [6.07, 6.45) is 0.592. The van der Waals surface area contributed by atoms with Crippen molar-refractivity contribution in [2.75, 3.05) is 31.1 Å². The molecule has 8 nitrogen and oxygen atoms in total. The number of aromatic nitrogens is 1. The number of carbonyl (C=O) groups excluding carboxylic acids is 1. The Morgan fingerprint density at radius 1 is 1.08 bits per heavy atom. The van der Waals surface area contributed by atoms with E-state index in [2.05, 4.69) is 4.98 Å². The first kappa shape index (κ1) is 17.7. The first-order valence-electron chi connectivity index (χ1n) is 8.28. The number of hydrogen-bond acceptors (Lipinski definition) is 5. The Hall–Kier alpha value is -3.13. The van der Waals surface area contributed by atoms with Crippen LogP contribution in [0.3, 0.4) is 0 Å². The molecule has 1 saturated heterocycles. The molecule has 8 heteroatoms. The van der Waals surface area contributed by atoms with Crippen LogP contribution in [0.5, 0.6) is 0 Å². The fourth-order valence-electron chi connectivity index (χ4n) is 2.85. The minimum Gasteiger partial charge on any atom is -0.465 e. The zero-order valence-electron chi connectivity index (χ0n) is 14.2. The molecule has 0 atom stereocenters. The summed E-state index contributed by atoms with van der Waals surface area (Å²) in [5.74, 6) is -0.583. The molecule has 2 aromatic rings. The number of anilines is 1. The molecule has 2 amide bonds. The maximum Gasteiger partial charge on any atom is 0.407 e. The van der Waals surface area contributed by atoms with Crippen LogP contribution >= 0.6 is 0 Å². The van der Waals surface area contributed by atoms with Gasteiger partial charge in [0.1, 0.15) is 5.69 Å². The molecule has 136 valence electrons. The van der Waals surface area contributed by atoms with Gasteiger partial charge < -0.3 is 14.9 Å². The summed E-state index contributed by atoms with van der Waals surface area (Å²) in [6, 6.07) is 12.6. The number of benzene rings is 1. The SMILES string of the molecule is O=C(c1cc(N2CCN(C(=O)O)CC2)ccn1)N(O)Cc1ccccc1. The van der Waals surface area contributed by atoms with E-state index in [9.17, 15) is 14.8 Å². The molecule has 3 rings (SSSR count). The molecule has 1 aromatic carbocycles. The monoisotopic (exact) mass is 356 g/mol. The summed E-state index contributed by atoms with van der Waals surface area (Å²) in [5, 5.41) is 19.7. The van der Waals surface area contributed by atoms with E-state index in [-0.39, 0.29) is 12.2 Å². The second-order valence-electron chi connectivity index (χ2n) is 6.00. The van der Waals surface area contributed by atoms with E-state index in [1.165, 1.54) is 11.1 Å². The lowest BCUT2D eigenvalue weighted by Gasteiger charge is -2.34. The molecule has 0 bridgehead atoms. The number of hydroxylamine groups is 2. The van der Waals surface area contributed by atoms with Crippen molar-refractivity contribution >= 4 is 17.7 Å². The van der Waals surface area contributed by atoms with Gasteiger partial charge in [-0.15, -0.1) is 0 Å². The lowest BCUT2D eigenvalue weighted by molar-refractivity contribution is -0.0652. The molecule has 1 aromatic heterocycles. The molecule has 0 unspecified atom stereocenters. The highest BCUT2D eigenvalue weighted by Gasteiger charge is 2.22. The summed E-state index contributed by atoms with van der Waals surface area (Å²) < 4.78 is 0. The van der Waals surface area contributed by atoms with Crippen LogP contribution in [0.4, 0.5) is 10.5 Å². The van der Waals surface area contributed by atoms with E-state index in [0.29, 0.717) is 31.2 Å². The predicted octanol–water partition coefficient (Wildman–Crippen LogP) is 1.91. The van der Waals surface area contributed by atoms with E-state index in [4.69, 9.17) is 5.11 Å². The Kier molecular flexibility index (Phi) is 5.33. The average molecular weight is 356 g/mol. The van der Waals surface area contributed by atoms with E-state index >= 15 is 0 Å². The highest BCUT2D eigenvalue weighted by Crippen LogP contribution is 2.18. The number of rotatable bonds is 4. The van der Waals surface area contributed by atoms with Crippen LogP contribution in [-0.2, 0) is 6.54 Å². The maximum absolute atomic E-state index is 12.4. The number of piperazine rings is 1. The Balaban J connectivity index is 1.67. The summed E-state index contributed by atoms with van der Waals surface area (Å²) in [5.41, 5.74) is 1.73. The molecule has 0 spiro atoms. The topological polar surface area (TPSA) is 97.2 Å². The van der Waals surface area contributed by atoms with Gasteiger partial charge in [-0.2, -0.15) is 0 Å². The van der Waals surface area contributed by atoms with E-state index < -0.39 is 12.0 Å². The predicted molar refractivity (Wildman–Crippen MR) is 94.1 cm³/mol. The number of carboxylic acid groups (broad SMARTS) is 1. The van der Waals surface area contributed by atoms with Crippen LogP contribution in [0.1, 0.15) is 16.1 Å². The second-order valence-corrected chi connectivity index (χ2v) is 6.00. The van der Waals surface area contributed by atoms with Crippen molar-refractivity contribution in [2.24, 2.45) is 0 Å². The molecule has 2 N–H and O–H groups in total. The Labute approximate surface area is 150 Å².